The van der Waals surface area contributed by atoms with Crippen molar-refractivity contribution >= 4 is 34.0 Å². The second-order valence-corrected chi connectivity index (χ2v) is 6.67. The van der Waals surface area contributed by atoms with E-state index < -0.39 is 0 Å². The Labute approximate surface area is 173 Å². The Balaban J connectivity index is 1.82. The zero-order valence-corrected chi connectivity index (χ0v) is 16.4. The Morgan fingerprint density at radius 3 is 2.60 bits per heavy atom. The number of aromatic nitrogens is 2. The number of hydrogen-bond acceptors (Lipinski definition) is 5. The van der Waals surface area contributed by atoms with E-state index >= 15 is 0 Å². The number of amides is 2. The molecule has 150 valence electrons. The molecule has 2 aromatic heterocycles. The van der Waals surface area contributed by atoms with Gasteiger partial charge in [-0.15, -0.1) is 0 Å². The molecule has 0 saturated heterocycles. The van der Waals surface area contributed by atoms with Gasteiger partial charge in [0.05, 0.1) is 11.9 Å². The van der Waals surface area contributed by atoms with Crippen LogP contribution in [-0.2, 0) is 0 Å². The molecule has 7 nitrogen and oxygen atoms in total. The van der Waals surface area contributed by atoms with Gasteiger partial charge in [0.15, 0.2) is 0 Å². The number of phenols is 1. The van der Waals surface area contributed by atoms with Gasteiger partial charge in [0.1, 0.15) is 11.6 Å². The fourth-order valence-corrected chi connectivity index (χ4v) is 3.22. The maximum absolute atomic E-state index is 11.9. The molecule has 2 aromatic carbocycles. The topological polar surface area (TPSA) is 99.2 Å². The summed E-state index contributed by atoms with van der Waals surface area (Å²) < 4.78 is 0. The van der Waals surface area contributed by atoms with E-state index in [4.69, 9.17) is 0 Å². The lowest BCUT2D eigenvalue weighted by Crippen LogP contribution is -2.28. The van der Waals surface area contributed by atoms with Crippen molar-refractivity contribution in [3.8, 4) is 16.9 Å². The summed E-state index contributed by atoms with van der Waals surface area (Å²) in [6.07, 6.45) is 5.20. The van der Waals surface area contributed by atoms with Crippen LogP contribution in [0.15, 0.2) is 73.2 Å². The number of carbonyl (C=O) groups excluding carboxylic acids is 1. The molecule has 0 spiro atoms. The number of fused-ring (bicyclic) bond motifs is 1. The molecule has 4 rings (SSSR count). The lowest BCUT2D eigenvalue weighted by Gasteiger charge is -2.14. The third kappa shape index (κ3) is 4.15. The number of pyridine rings is 2. The highest BCUT2D eigenvalue weighted by atomic mass is 16.3. The predicted octanol–water partition coefficient (Wildman–Crippen LogP) is 4.89. The Hall–Kier alpha value is -4.13. The number of benzene rings is 2. The molecule has 4 N–H and O–H groups in total. The molecule has 0 bridgehead atoms. The highest BCUT2D eigenvalue weighted by molar-refractivity contribution is 6.05. The van der Waals surface area contributed by atoms with E-state index in [0.29, 0.717) is 12.4 Å². The number of phenolic OH excluding ortho intramolecular Hbond substituents is 1. The summed E-state index contributed by atoms with van der Waals surface area (Å²) in [5, 5.41) is 20.3. The largest absolute Gasteiger partial charge is 0.508 e. The lowest BCUT2D eigenvalue weighted by atomic mass is 9.98. The van der Waals surface area contributed by atoms with Gasteiger partial charge in [0.25, 0.3) is 0 Å². The van der Waals surface area contributed by atoms with Gasteiger partial charge in [-0.1, -0.05) is 18.2 Å². The molecule has 0 radical (unpaired) electrons. The van der Waals surface area contributed by atoms with E-state index in [2.05, 4.69) is 25.9 Å². The van der Waals surface area contributed by atoms with Crippen LogP contribution in [0.25, 0.3) is 21.9 Å². The number of anilines is 3. The van der Waals surface area contributed by atoms with Crippen molar-refractivity contribution in [1.29, 1.82) is 0 Å². The van der Waals surface area contributed by atoms with Gasteiger partial charge in [0, 0.05) is 30.0 Å². The molecule has 0 unspecified atom stereocenters. The molecule has 0 atom stereocenters. The van der Waals surface area contributed by atoms with E-state index in [1.165, 1.54) is 0 Å². The molecule has 2 amide bonds. The summed E-state index contributed by atoms with van der Waals surface area (Å²) in [4.78, 5) is 20.5. The minimum absolute atomic E-state index is 0.207. The minimum atomic E-state index is -0.305. The van der Waals surface area contributed by atoms with Crippen LogP contribution in [0.4, 0.5) is 22.0 Å². The van der Waals surface area contributed by atoms with Crippen molar-refractivity contribution in [2.75, 3.05) is 17.2 Å². The molecular formula is C23H21N5O2. The number of urea groups is 1. The second-order valence-electron chi connectivity index (χ2n) is 6.67. The third-order valence-electron chi connectivity index (χ3n) is 4.60. The van der Waals surface area contributed by atoms with Crippen LogP contribution in [0.1, 0.15) is 6.92 Å². The number of aromatic hydroxyl groups is 1. The highest BCUT2D eigenvalue weighted by Gasteiger charge is 2.12. The van der Waals surface area contributed by atoms with Crippen LogP contribution in [0.5, 0.6) is 5.75 Å². The number of hydrogen-bond donors (Lipinski definition) is 4. The van der Waals surface area contributed by atoms with E-state index in [9.17, 15) is 9.90 Å². The predicted molar refractivity (Wildman–Crippen MR) is 119 cm³/mol. The normalized spacial score (nSPS) is 10.6. The van der Waals surface area contributed by atoms with Crippen molar-refractivity contribution in [3.05, 3.63) is 73.2 Å². The first-order chi connectivity index (χ1) is 14.6. The van der Waals surface area contributed by atoms with Gasteiger partial charge >= 0.3 is 6.03 Å². The minimum Gasteiger partial charge on any atom is -0.508 e. The fourth-order valence-electron chi connectivity index (χ4n) is 3.22. The monoisotopic (exact) mass is 399 g/mol. The first-order valence-corrected chi connectivity index (χ1v) is 9.58. The maximum Gasteiger partial charge on any atom is 0.320 e. The van der Waals surface area contributed by atoms with E-state index in [1.807, 2.05) is 49.4 Å². The number of carbonyl (C=O) groups is 1. The zero-order chi connectivity index (χ0) is 20.9. The van der Waals surface area contributed by atoms with E-state index in [1.54, 1.807) is 30.7 Å². The Kier molecular flexibility index (Phi) is 5.43. The summed E-state index contributed by atoms with van der Waals surface area (Å²) in [7, 11) is 0. The standard InChI is InChI=1S/C23H21N5O2/c1-2-25-23(30)28-22-12-19-18(15-5-7-17(29)8-6-15)9-10-21(20(19)14-26-22)27-16-4-3-11-24-13-16/h3-14,27,29H,2H2,1H3,(H2,25,26,28,30). The van der Waals surface area contributed by atoms with E-state index in [-0.39, 0.29) is 11.8 Å². The van der Waals surface area contributed by atoms with Gasteiger partial charge in [-0.05, 0) is 59.8 Å². The zero-order valence-electron chi connectivity index (χ0n) is 16.4. The SMILES string of the molecule is CCNC(=O)Nc1cc2c(-c3ccc(O)cc3)ccc(Nc3cccnc3)c2cn1. The third-order valence-corrected chi connectivity index (χ3v) is 4.60. The molecule has 2 heterocycles. The fraction of sp³-hybridized carbons (Fsp3) is 0.0870. The first kappa shape index (κ1) is 19.2. The van der Waals surface area contributed by atoms with Crippen LogP contribution in [0.2, 0.25) is 0 Å². The molecular weight excluding hydrogens is 378 g/mol. The Morgan fingerprint density at radius 2 is 1.87 bits per heavy atom. The summed E-state index contributed by atoms with van der Waals surface area (Å²) in [6.45, 7) is 2.38. The molecule has 0 saturated carbocycles. The molecule has 0 aliphatic heterocycles. The van der Waals surface area contributed by atoms with Gasteiger partial charge in [0.2, 0.25) is 0 Å². The van der Waals surface area contributed by atoms with Gasteiger partial charge in [-0.3, -0.25) is 10.3 Å². The van der Waals surface area contributed by atoms with Crippen molar-refractivity contribution < 1.29 is 9.90 Å². The van der Waals surface area contributed by atoms with Gasteiger partial charge in [-0.2, -0.15) is 0 Å². The maximum atomic E-state index is 11.9. The summed E-state index contributed by atoms with van der Waals surface area (Å²) in [5.74, 6) is 0.658. The van der Waals surface area contributed by atoms with Crippen LogP contribution in [0, 0.1) is 0 Å². The molecule has 30 heavy (non-hydrogen) atoms. The second kappa shape index (κ2) is 8.48. The highest BCUT2D eigenvalue weighted by Crippen LogP contribution is 2.35. The van der Waals surface area contributed by atoms with Gasteiger partial charge in [-0.25, -0.2) is 9.78 Å². The van der Waals surface area contributed by atoms with E-state index in [0.717, 1.165) is 33.3 Å². The molecule has 0 fully saturated rings. The quantitative estimate of drug-likeness (QED) is 0.383. The number of rotatable bonds is 5. The van der Waals surface area contributed by atoms with Crippen LogP contribution in [0.3, 0.4) is 0 Å². The van der Waals surface area contributed by atoms with Gasteiger partial charge < -0.3 is 15.7 Å². The Morgan fingerprint density at radius 1 is 1.03 bits per heavy atom. The number of nitrogens with one attached hydrogen (secondary N) is 3. The first-order valence-electron chi connectivity index (χ1n) is 9.58. The van der Waals surface area contributed by atoms with Crippen LogP contribution in [-0.4, -0.2) is 27.7 Å². The average Bonchev–Trinajstić information content (AvgIpc) is 2.75. The van der Waals surface area contributed by atoms with Crippen LogP contribution >= 0.6 is 0 Å². The summed E-state index contributed by atoms with van der Waals surface area (Å²) in [6, 6.07) is 16.3. The van der Waals surface area contributed by atoms with Crippen LogP contribution < -0.4 is 16.0 Å². The van der Waals surface area contributed by atoms with Crippen molar-refractivity contribution in [1.82, 2.24) is 15.3 Å². The summed E-state index contributed by atoms with van der Waals surface area (Å²) in [5.41, 5.74) is 3.64. The van der Waals surface area contributed by atoms with Crippen molar-refractivity contribution in [2.45, 2.75) is 6.92 Å². The number of nitrogens with zero attached hydrogens (tertiary/aromatic N) is 2. The molecule has 0 aliphatic rings. The lowest BCUT2D eigenvalue weighted by molar-refractivity contribution is 0.252. The average molecular weight is 399 g/mol. The van der Waals surface area contributed by atoms with Crippen molar-refractivity contribution in [2.24, 2.45) is 0 Å². The molecule has 4 aromatic rings. The molecule has 0 aliphatic carbocycles. The van der Waals surface area contributed by atoms with Crippen molar-refractivity contribution in [3.63, 3.8) is 0 Å². The smallest absolute Gasteiger partial charge is 0.320 e. The Bertz CT molecular complexity index is 1180. The summed E-state index contributed by atoms with van der Waals surface area (Å²) >= 11 is 0. The molecule has 7 heteroatoms.